The van der Waals surface area contributed by atoms with Crippen LogP contribution in [0.25, 0.3) is 0 Å². The highest BCUT2D eigenvalue weighted by Gasteiger charge is 2.44. The lowest BCUT2D eigenvalue weighted by molar-refractivity contribution is -0.137. The number of hydrogen-bond acceptors (Lipinski definition) is 2. The number of carbonyl (C=O) groups is 1. The summed E-state index contributed by atoms with van der Waals surface area (Å²) in [5.41, 5.74) is 0.0144. The Morgan fingerprint density at radius 1 is 1.12 bits per heavy atom. The SMILES string of the molecule is N#CC1(c2ccc(NC(=O)c3cccc(C(F)(F)F)c3)cc2)CC1. The number of halogens is 3. The normalized spacial score (nSPS) is 15.4. The summed E-state index contributed by atoms with van der Waals surface area (Å²) >= 11 is 0. The van der Waals surface area contributed by atoms with Crippen molar-refractivity contribution < 1.29 is 18.0 Å². The number of hydrogen-bond donors (Lipinski definition) is 1. The Balaban J connectivity index is 1.75. The van der Waals surface area contributed by atoms with Gasteiger partial charge in [0.1, 0.15) is 0 Å². The van der Waals surface area contributed by atoms with Crippen LogP contribution in [0.5, 0.6) is 0 Å². The minimum Gasteiger partial charge on any atom is -0.322 e. The molecule has 122 valence electrons. The molecule has 3 nitrogen and oxygen atoms in total. The second kappa shape index (κ2) is 5.68. The molecule has 0 radical (unpaired) electrons. The molecule has 0 bridgehead atoms. The van der Waals surface area contributed by atoms with E-state index in [2.05, 4.69) is 11.4 Å². The molecule has 1 N–H and O–H groups in total. The number of rotatable bonds is 3. The fraction of sp³-hybridized carbons (Fsp3) is 0.222. The second-order valence-corrected chi connectivity index (χ2v) is 5.80. The lowest BCUT2D eigenvalue weighted by Gasteiger charge is -2.10. The summed E-state index contributed by atoms with van der Waals surface area (Å²) in [6.07, 6.45) is -2.85. The molecule has 2 aromatic rings. The van der Waals surface area contributed by atoms with Crippen molar-refractivity contribution in [2.75, 3.05) is 5.32 Å². The molecule has 3 rings (SSSR count). The number of nitrogens with zero attached hydrogens (tertiary/aromatic N) is 1. The summed E-state index contributed by atoms with van der Waals surface area (Å²) in [6.45, 7) is 0. The first kappa shape index (κ1) is 16.1. The number of nitriles is 1. The summed E-state index contributed by atoms with van der Waals surface area (Å²) in [5, 5.41) is 11.7. The van der Waals surface area contributed by atoms with Crippen LogP contribution in [0.3, 0.4) is 0 Å². The molecule has 0 atom stereocenters. The molecule has 1 aliphatic rings. The quantitative estimate of drug-likeness (QED) is 0.900. The van der Waals surface area contributed by atoms with Gasteiger partial charge in [-0.15, -0.1) is 0 Å². The molecule has 1 amide bonds. The largest absolute Gasteiger partial charge is 0.416 e. The number of carbonyl (C=O) groups excluding carboxylic acids is 1. The van der Waals surface area contributed by atoms with E-state index in [0.717, 1.165) is 30.5 Å². The average Bonchev–Trinajstić information content (AvgIpc) is 3.36. The molecular weight excluding hydrogens is 317 g/mol. The molecule has 1 saturated carbocycles. The predicted molar refractivity (Wildman–Crippen MR) is 82.4 cm³/mol. The molecule has 0 spiro atoms. The first-order valence-corrected chi connectivity index (χ1v) is 7.34. The maximum atomic E-state index is 12.7. The fourth-order valence-corrected chi connectivity index (χ4v) is 2.50. The van der Waals surface area contributed by atoms with Gasteiger partial charge in [-0.3, -0.25) is 4.79 Å². The zero-order valence-electron chi connectivity index (χ0n) is 12.5. The molecule has 1 aliphatic carbocycles. The van der Waals surface area contributed by atoms with Crippen molar-refractivity contribution in [3.05, 3.63) is 65.2 Å². The van der Waals surface area contributed by atoms with Crippen LogP contribution in [0.4, 0.5) is 18.9 Å². The summed E-state index contributed by atoms with van der Waals surface area (Å²) in [6, 6.07) is 13.4. The predicted octanol–water partition coefficient (Wildman–Crippen LogP) is 4.51. The van der Waals surface area contributed by atoms with Crippen LogP contribution in [-0.4, -0.2) is 5.91 Å². The minimum absolute atomic E-state index is 0.0652. The molecule has 0 unspecified atom stereocenters. The van der Waals surface area contributed by atoms with Gasteiger partial charge in [0.2, 0.25) is 0 Å². The first-order valence-electron chi connectivity index (χ1n) is 7.34. The number of nitrogens with one attached hydrogen (secondary N) is 1. The molecule has 0 heterocycles. The Bertz CT molecular complexity index is 815. The van der Waals surface area contributed by atoms with E-state index in [0.29, 0.717) is 5.69 Å². The van der Waals surface area contributed by atoms with Crippen LogP contribution in [0.15, 0.2) is 48.5 Å². The van der Waals surface area contributed by atoms with Gasteiger partial charge < -0.3 is 5.32 Å². The molecular formula is C18H13F3N2O. The monoisotopic (exact) mass is 330 g/mol. The third-order valence-corrected chi connectivity index (χ3v) is 4.11. The van der Waals surface area contributed by atoms with Crippen molar-refractivity contribution in [3.8, 4) is 6.07 Å². The maximum absolute atomic E-state index is 12.7. The zero-order chi connectivity index (χ0) is 17.4. The van der Waals surface area contributed by atoms with Gasteiger partial charge in [-0.25, -0.2) is 0 Å². The van der Waals surface area contributed by atoms with Gasteiger partial charge in [-0.2, -0.15) is 18.4 Å². The number of amides is 1. The lowest BCUT2D eigenvalue weighted by Crippen LogP contribution is -2.14. The number of benzene rings is 2. The van der Waals surface area contributed by atoms with Crippen molar-refractivity contribution >= 4 is 11.6 Å². The van der Waals surface area contributed by atoms with Gasteiger partial charge in [0.05, 0.1) is 17.0 Å². The van der Waals surface area contributed by atoms with Gasteiger partial charge in [0.25, 0.3) is 5.91 Å². The molecule has 24 heavy (non-hydrogen) atoms. The Morgan fingerprint density at radius 2 is 1.79 bits per heavy atom. The van der Waals surface area contributed by atoms with Crippen molar-refractivity contribution in [1.29, 1.82) is 5.26 Å². The fourth-order valence-electron chi connectivity index (χ4n) is 2.50. The Kier molecular flexibility index (Phi) is 3.80. The van der Waals surface area contributed by atoms with E-state index in [4.69, 9.17) is 5.26 Å². The van der Waals surface area contributed by atoms with Crippen LogP contribution < -0.4 is 5.32 Å². The molecule has 2 aromatic carbocycles. The van der Waals surface area contributed by atoms with Gasteiger partial charge >= 0.3 is 6.18 Å². The number of alkyl halides is 3. The first-order chi connectivity index (χ1) is 11.3. The molecule has 0 aliphatic heterocycles. The molecule has 6 heteroatoms. The molecule has 1 fully saturated rings. The maximum Gasteiger partial charge on any atom is 0.416 e. The van der Waals surface area contributed by atoms with Crippen molar-refractivity contribution in [3.63, 3.8) is 0 Å². The minimum atomic E-state index is -4.49. The highest BCUT2D eigenvalue weighted by Crippen LogP contribution is 2.47. The highest BCUT2D eigenvalue weighted by atomic mass is 19.4. The Labute approximate surface area is 136 Å². The van der Waals surface area contributed by atoms with Gasteiger partial charge in [-0.1, -0.05) is 18.2 Å². The molecule has 0 saturated heterocycles. The van der Waals surface area contributed by atoms with Gasteiger partial charge in [0, 0.05) is 11.3 Å². The van der Waals surface area contributed by atoms with E-state index in [1.807, 2.05) is 0 Å². The average molecular weight is 330 g/mol. The molecule has 0 aromatic heterocycles. The van der Waals surface area contributed by atoms with Crippen molar-refractivity contribution in [1.82, 2.24) is 0 Å². The second-order valence-electron chi connectivity index (χ2n) is 5.80. The third kappa shape index (κ3) is 3.11. The van der Waals surface area contributed by atoms with Crippen LogP contribution in [0.2, 0.25) is 0 Å². The van der Waals surface area contributed by atoms with Gasteiger partial charge in [-0.05, 0) is 48.7 Å². The standard InChI is InChI=1S/C18H13F3N2O/c19-18(20,21)14-3-1-2-12(10-14)16(24)23-15-6-4-13(5-7-15)17(11-22)8-9-17/h1-7,10H,8-9H2,(H,23,24). The van der Waals surface area contributed by atoms with Crippen LogP contribution >= 0.6 is 0 Å². The Hall–Kier alpha value is -2.81. The highest BCUT2D eigenvalue weighted by molar-refractivity contribution is 6.04. The van der Waals surface area contributed by atoms with Crippen LogP contribution in [0, 0.1) is 11.3 Å². The summed E-state index contributed by atoms with van der Waals surface area (Å²) in [5.74, 6) is -0.615. The topological polar surface area (TPSA) is 52.9 Å². The van der Waals surface area contributed by atoms with E-state index in [9.17, 15) is 18.0 Å². The van der Waals surface area contributed by atoms with E-state index >= 15 is 0 Å². The lowest BCUT2D eigenvalue weighted by atomic mass is 9.97. The van der Waals surface area contributed by atoms with E-state index in [-0.39, 0.29) is 5.56 Å². The third-order valence-electron chi connectivity index (χ3n) is 4.11. The summed E-state index contributed by atoms with van der Waals surface area (Å²) in [7, 11) is 0. The summed E-state index contributed by atoms with van der Waals surface area (Å²) < 4.78 is 38.1. The van der Waals surface area contributed by atoms with E-state index in [1.54, 1.807) is 24.3 Å². The van der Waals surface area contributed by atoms with E-state index in [1.165, 1.54) is 12.1 Å². The summed E-state index contributed by atoms with van der Waals surface area (Å²) in [4.78, 5) is 12.1. The number of anilines is 1. The van der Waals surface area contributed by atoms with Crippen molar-refractivity contribution in [2.45, 2.75) is 24.4 Å². The van der Waals surface area contributed by atoms with E-state index < -0.39 is 23.1 Å². The smallest absolute Gasteiger partial charge is 0.322 e. The van der Waals surface area contributed by atoms with Crippen LogP contribution in [-0.2, 0) is 11.6 Å². The van der Waals surface area contributed by atoms with Crippen LogP contribution in [0.1, 0.15) is 34.3 Å². The Morgan fingerprint density at radius 3 is 2.33 bits per heavy atom. The zero-order valence-corrected chi connectivity index (χ0v) is 12.5. The van der Waals surface area contributed by atoms with Crippen molar-refractivity contribution in [2.24, 2.45) is 0 Å². The van der Waals surface area contributed by atoms with Gasteiger partial charge in [0.15, 0.2) is 0 Å².